The fourth-order valence-electron chi connectivity index (χ4n) is 1.65. The molecule has 2 rings (SSSR count). The summed E-state index contributed by atoms with van der Waals surface area (Å²) in [5.74, 6) is -5.24. The van der Waals surface area contributed by atoms with Crippen molar-refractivity contribution in [3.05, 3.63) is 45.7 Å². The van der Waals surface area contributed by atoms with Crippen molar-refractivity contribution in [2.45, 2.75) is 26.2 Å². The Bertz CT molecular complexity index is 677. The number of aromatic nitrogens is 2. The van der Waals surface area contributed by atoms with Crippen molar-refractivity contribution >= 4 is 17.3 Å². The lowest BCUT2D eigenvalue weighted by molar-refractivity contribution is 0.103. The van der Waals surface area contributed by atoms with Gasteiger partial charge in [-0.3, -0.25) is 4.79 Å². The van der Waals surface area contributed by atoms with E-state index in [4.69, 9.17) is 0 Å². The first-order chi connectivity index (χ1) is 9.23. The third kappa shape index (κ3) is 2.45. The summed E-state index contributed by atoms with van der Waals surface area (Å²) in [7, 11) is 0. The van der Waals surface area contributed by atoms with E-state index < -0.39 is 34.2 Å². The summed E-state index contributed by atoms with van der Waals surface area (Å²) in [4.78, 5) is 12.4. The molecule has 0 aliphatic carbocycles. The molecule has 0 aliphatic rings. The van der Waals surface area contributed by atoms with Crippen molar-refractivity contribution in [1.29, 1.82) is 0 Å². The first-order valence-corrected chi connectivity index (χ1v) is 6.52. The molecular weight excluding hydrogens is 289 g/mol. The van der Waals surface area contributed by atoms with Crippen LogP contribution in [-0.4, -0.2) is 15.4 Å². The largest absolute Gasteiger partial charge is 0.287 e. The number of hydrogen-bond donors (Lipinski definition) is 0. The second-order valence-corrected chi connectivity index (χ2v) is 6.01. The van der Waals surface area contributed by atoms with Crippen LogP contribution in [0.3, 0.4) is 0 Å². The van der Waals surface area contributed by atoms with E-state index in [2.05, 4.69) is 9.59 Å². The smallest absolute Gasteiger partial charge is 0.209 e. The molecule has 0 fully saturated rings. The summed E-state index contributed by atoms with van der Waals surface area (Å²) in [5.41, 5.74) is -0.593. The van der Waals surface area contributed by atoms with Gasteiger partial charge in [0.05, 0.1) is 11.3 Å². The Labute approximate surface area is 117 Å². The topological polar surface area (TPSA) is 42.9 Å². The molecule has 0 radical (unpaired) electrons. The number of halogens is 3. The highest BCUT2D eigenvalue weighted by molar-refractivity contribution is 7.08. The molecular formula is C13H11F3N2OS. The first kappa shape index (κ1) is 14.6. The predicted molar refractivity (Wildman–Crippen MR) is 68.4 cm³/mol. The van der Waals surface area contributed by atoms with Gasteiger partial charge in [0.15, 0.2) is 17.5 Å². The van der Waals surface area contributed by atoms with Gasteiger partial charge in [-0.2, -0.15) is 0 Å². The quantitative estimate of drug-likeness (QED) is 0.630. The van der Waals surface area contributed by atoms with Gasteiger partial charge in [0.2, 0.25) is 5.78 Å². The van der Waals surface area contributed by atoms with Crippen molar-refractivity contribution in [3.8, 4) is 0 Å². The molecule has 0 aliphatic heterocycles. The molecule has 0 amide bonds. The van der Waals surface area contributed by atoms with Crippen molar-refractivity contribution < 1.29 is 18.0 Å². The van der Waals surface area contributed by atoms with E-state index >= 15 is 0 Å². The van der Waals surface area contributed by atoms with Crippen LogP contribution < -0.4 is 0 Å². The van der Waals surface area contributed by atoms with E-state index in [1.54, 1.807) is 0 Å². The molecule has 20 heavy (non-hydrogen) atoms. The van der Waals surface area contributed by atoms with E-state index in [1.807, 2.05) is 20.8 Å². The van der Waals surface area contributed by atoms with E-state index in [1.165, 1.54) is 0 Å². The number of carbonyl (C=O) groups is 1. The second kappa shape index (κ2) is 4.97. The first-order valence-electron chi connectivity index (χ1n) is 5.74. The van der Waals surface area contributed by atoms with Crippen LogP contribution in [0.2, 0.25) is 0 Å². The van der Waals surface area contributed by atoms with Gasteiger partial charge in [0.1, 0.15) is 4.88 Å². The Morgan fingerprint density at radius 3 is 2.40 bits per heavy atom. The standard InChI is InChI=1S/C13H11F3N2OS/c1-13(2,3)12-11(20-18-17-12)10(19)6-4-5-7(14)9(16)8(6)15/h4-5H,1-3H3. The molecule has 0 saturated heterocycles. The summed E-state index contributed by atoms with van der Waals surface area (Å²) in [5, 5.41) is 3.86. The van der Waals surface area contributed by atoms with Gasteiger partial charge < -0.3 is 0 Å². The Kier molecular flexibility index (Phi) is 3.64. The summed E-state index contributed by atoms with van der Waals surface area (Å²) in [6.07, 6.45) is 0. The van der Waals surface area contributed by atoms with Crippen LogP contribution in [0.25, 0.3) is 0 Å². The summed E-state index contributed by atoms with van der Waals surface area (Å²) in [6, 6.07) is 1.64. The molecule has 1 heterocycles. The number of benzene rings is 1. The monoisotopic (exact) mass is 300 g/mol. The average molecular weight is 300 g/mol. The molecule has 0 atom stereocenters. The van der Waals surface area contributed by atoms with Gasteiger partial charge in [-0.1, -0.05) is 25.3 Å². The van der Waals surface area contributed by atoms with Crippen LogP contribution in [0.5, 0.6) is 0 Å². The molecule has 3 nitrogen and oxygen atoms in total. The van der Waals surface area contributed by atoms with E-state index in [0.29, 0.717) is 5.69 Å². The SMILES string of the molecule is CC(C)(C)c1nnsc1C(=O)c1ccc(F)c(F)c1F. The van der Waals surface area contributed by atoms with Crippen molar-refractivity contribution in [2.75, 3.05) is 0 Å². The Balaban J connectivity index is 2.54. The molecule has 0 saturated carbocycles. The van der Waals surface area contributed by atoms with Gasteiger partial charge in [0, 0.05) is 5.41 Å². The molecule has 106 valence electrons. The van der Waals surface area contributed by atoms with Gasteiger partial charge >= 0.3 is 0 Å². The molecule has 0 N–H and O–H groups in total. The maximum absolute atomic E-state index is 13.7. The van der Waals surface area contributed by atoms with Crippen LogP contribution in [0.15, 0.2) is 12.1 Å². The molecule has 7 heteroatoms. The van der Waals surface area contributed by atoms with Crippen LogP contribution in [0, 0.1) is 17.5 Å². The molecule has 0 bridgehead atoms. The second-order valence-electron chi connectivity index (χ2n) is 5.25. The number of ketones is 1. The molecule has 0 spiro atoms. The maximum Gasteiger partial charge on any atom is 0.209 e. The predicted octanol–water partition coefficient (Wildman–Crippen LogP) is 3.48. The lowest BCUT2D eigenvalue weighted by atomic mass is 9.90. The highest BCUT2D eigenvalue weighted by atomic mass is 32.1. The highest BCUT2D eigenvalue weighted by Crippen LogP contribution is 2.28. The van der Waals surface area contributed by atoms with E-state index in [0.717, 1.165) is 23.7 Å². The molecule has 0 unspecified atom stereocenters. The number of rotatable bonds is 2. The van der Waals surface area contributed by atoms with Gasteiger partial charge in [0.25, 0.3) is 0 Å². The molecule has 1 aromatic heterocycles. The summed E-state index contributed by atoms with van der Waals surface area (Å²) >= 11 is 0.805. The zero-order chi connectivity index (χ0) is 15.1. The fourth-order valence-corrected chi connectivity index (χ4v) is 2.48. The van der Waals surface area contributed by atoms with Crippen LogP contribution in [0.1, 0.15) is 41.7 Å². The van der Waals surface area contributed by atoms with Crippen molar-refractivity contribution in [1.82, 2.24) is 9.59 Å². The zero-order valence-electron chi connectivity index (χ0n) is 11.0. The third-order valence-electron chi connectivity index (χ3n) is 2.68. The van der Waals surface area contributed by atoms with Crippen LogP contribution in [-0.2, 0) is 5.41 Å². The van der Waals surface area contributed by atoms with Crippen LogP contribution in [0.4, 0.5) is 13.2 Å². The number of hydrogen-bond acceptors (Lipinski definition) is 4. The lowest BCUT2D eigenvalue weighted by Gasteiger charge is -2.16. The Hall–Kier alpha value is -1.76. The summed E-state index contributed by atoms with van der Waals surface area (Å²) in [6.45, 7) is 5.46. The zero-order valence-corrected chi connectivity index (χ0v) is 11.8. The summed E-state index contributed by atoms with van der Waals surface area (Å²) < 4.78 is 43.4. The Morgan fingerprint density at radius 2 is 1.80 bits per heavy atom. The minimum Gasteiger partial charge on any atom is -0.287 e. The molecule has 2 aromatic rings. The van der Waals surface area contributed by atoms with Crippen molar-refractivity contribution in [2.24, 2.45) is 0 Å². The average Bonchev–Trinajstić information content (AvgIpc) is 2.84. The minimum absolute atomic E-state index is 0.127. The van der Waals surface area contributed by atoms with E-state index in [-0.39, 0.29) is 4.88 Å². The Morgan fingerprint density at radius 1 is 1.15 bits per heavy atom. The van der Waals surface area contributed by atoms with Gasteiger partial charge in [-0.15, -0.1) is 5.10 Å². The van der Waals surface area contributed by atoms with Crippen molar-refractivity contribution in [3.63, 3.8) is 0 Å². The van der Waals surface area contributed by atoms with Gasteiger partial charge in [-0.05, 0) is 23.7 Å². The third-order valence-corrected chi connectivity index (χ3v) is 3.41. The normalized spacial score (nSPS) is 11.7. The fraction of sp³-hybridized carbons (Fsp3) is 0.308. The minimum atomic E-state index is -1.66. The van der Waals surface area contributed by atoms with E-state index in [9.17, 15) is 18.0 Å². The van der Waals surface area contributed by atoms with Crippen LogP contribution >= 0.6 is 11.5 Å². The van der Waals surface area contributed by atoms with Gasteiger partial charge in [-0.25, -0.2) is 13.2 Å². The maximum atomic E-state index is 13.7. The number of nitrogens with zero attached hydrogens (tertiary/aromatic N) is 2. The molecule has 1 aromatic carbocycles. The lowest BCUT2D eigenvalue weighted by Crippen LogP contribution is -2.17. The highest BCUT2D eigenvalue weighted by Gasteiger charge is 2.29. The number of carbonyl (C=O) groups excluding carboxylic acids is 1.